The van der Waals surface area contributed by atoms with Crippen molar-refractivity contribution in [3.8, 4) is 5.75 Å². The van der Waals surface area contributed by atoms with Gasteiger partial charge in [-0.25, -0.2) is 0 Å². The van der Waals surface area contributed by atoms with Gasteiger partial charge in [0.15, 0.2) is 0 Å². The van der Waals surface area contributed by atoms with E-state index in [-0.39, 0.29) is 0 Å². The predicted molar refractivity (Wildman–Crippen MR) is 83.3 cm³/mol. The molecule has 1 aromatic carbocycles. The van der Waals surface area contributed by atoms with Crippen molar-refractivity contribution in [1.82, 2.24) is 5.32 Å². The van der Waals surface area contributed by atoms with Gasteiger partial charge in [-0.15, -0.1) is 0 Å². The van der Waals surface area contributed by atoms with Crippen molar-refractivity contribution in [3.63, 3.8) is 0 Å². The smallest absolute Gasteiger partial charge is 0.119 e. The van der Waals surface area contributed by atoms with E-state index >= 15 is 0 Å². The summed E-state index contributed by atoms with van der Waals surface area (Å²) in [5.41, 5.74) is 1.51. The second-order valence-corrected chi connectivity index (χ2v) is 6.34. The zero-order chi connectivity index (χ0) is 13.8. The fourth-order valence-corrected chi connectivity index (χ4v) is 3.39. The van der Waals surface area contributed by atoms with Gasteiger partial charge < -0.3 is 10.1 Å². The van der Waals surface area contributed by atoms with E-state index in [9.17, 15) is 0 Å². The van der Waals surface area contributed by atoms with E-state index in [0.29, 0.717) is 6.10 Å². The van der Waals surface area contributed by atoms with Crippen molar-refractivity contribution < 1.29 is 4.74 Å². The topological polar surface area (TPSA) is 21.3 Å². The number of hydrogen-bond acceptors (Lipinski definition) is 2. The minimum atomic E-state index is 0.497. The minimum Gasteiger partial charge on any atom is -0.490 e. The molecule has 20 heavy (non-hydrogen) atoms. The monoisotopic (exact) mass is 273 g/mol. The molecule has 2 nitrogen and oxygen atoms in total. The zero-order valence-electron chi connectivity index (χ0n) is 12.6. The van der Waals surface area contributed by atoms with Gasteiger partial charge in [0.1, 0.15) is 5.75 Å². The Balaban J connectivity index is 1.65. The molecule has 2 saturated carbocycles. The molecule has 2 aliphatic rings. The number of hydrogen-bond donors (Lipinski definition) is 1. The lowest BCUT2D eigenvalue weighted by molar-refractivity contribution is 0.294. The molecule has 2 atom stereocenters. The summed E-state index contributed by atoms with van der Waals surface area (Å²) in [6.45, 7) is 4.45. The molecule has 0 amide bonds. The lowest BCUT2D eigenvalue weighted by atomic mass is 9.75. The zero-order valence-corrected chi connectivity index (χ0v) is 12.6. The third kappa shape index (κ3) is 3.54. The van der Waals surface area contributed by atoms with Gasteiger partial charge >= 0.3 is 0 Å². The summed E-state index contributed by atoms with van der Waals surface area (Å²) in [6, 6.07) is 8.94. The van der Waals surface area contributed by atoms with Crippen LogP contribution in [0, 0.1) is 5.92 Å². The first-order chi connectivity index (χ1) is 9.86. The SMILES string of the molecule is CCNCC1CCCCC1c1ccc(OC2CC2)cc1. The first-order valence-corrected chi connectivity index (χ1v) is 8.34. The average molecular weight is 273 g/mol. The predicted octanol–water partition coefficient (Wildman–Crippen LogP) is 4.11. The summed E-state index contributed by atoms with van der Waals surface area (Å²) < 4.78 is 5.85. The molecular formula is C18H27NO. The molecule has 0 radical (unpaired) electrons. The normalized spacial score (nSPS) is 26.4. The number of ether oxygens (including phenoxy) is 1. The van der Waals surface area contributed by atoms with Crippen molar-refractivity contribution in [2.75, 3.05) is 13.1 Å². The molecule has 0 bridgehead atoms. The lowest BCUT2D eigenvalue weighted by Gasteiger charge is -2.32. The maximum Gasteiger partial charge on any atom is 0.119 e. The van der Waals surface area contributed by atoms with Crippen LogP contribution in [0.5, 0.6) is 5.75 Å². The summed E-state index contributed by atoms with van der Waals surface area (Å²) in [6.07, 6.45) is 8.46. The molecule has 1 aromatic rings. The molecule has 0 aromatic heterocycles. The maximum atomic E-state index is 5.85. The Morgan fingerprint density at radius 2 is 1.80 bits per heavy atom. The standard InChI is InChI=1S/C18H27NO/c1-2-19-13-15-5-3-4-6-18(15)14-7-9-16(10-8-14)20-17-11-12-17/h7-10,15,17-19H,2-6,11-13H2,1H3. The van der Waals surface area contributed by atoms with Crippen LogP contribution in [0.15, 0.2) is 24.3 Å². The second kappa shape index (κ2) is 6.62. The Kier molecular flexibility index (Phi) is 4.62. The van der Waals surface area contributed by atoms with E-state index in [1.54, 1.807) is 0 Å². The van der Waals surface area contributed by atoms with Gasteiger partial charge in [0.05, 0.1) is 6.10 Å². The molecule has 2 unspecified atom stereocenters. The van der Waals surface area contributed by atoms with Gasteiger partial charge in [-0.2, -0.15) is 0 Å². The van der Waals surface area contributed by atoms with E-state index in [1.165, 1.54) is 50.6 Å². The van der Waals surface area contributed by atoms with Crippen LogP contribution in [0.25, 0.3) is 0 Å². The Morgan fingerprint density at radius 1 is 1.05 bits per heavy atom. The molecule has 1 N–H and O–H groups in total. The Labute approximate surface area is 122 Å². The molecule has 2 heteroatoms. The van der Waals surface area contributed by atoms with Crippen LogP contribution in [0.1, 0.15) is 56.9 Å². The van der Waals surface area contributed by atoms with Crippen LogP contribution in [-0.2, 0) is 0 Å². The quantitative estimate of drug-likeness (QED) is 0.842. The Morgan fingerprint density at radius 3 is 2.50 bits per heavy atom. The number of benzene rings is 1. The van der Waals surface area contributed by atoms with Crippen LogP contribution in [0.2, 0.25) is 0 Å². The van der Waals surface area contributed by atoms with Gasteiger partial charge in [-0.1, -0.05) is 31.9 Å². The highest BCUT2D eigenvalue weighted by Gasteiger charge is 2.26. The van der Waals surface area contributed by atoms with Gasteiger partial charge in [-0.3, -0.25) is 0 Å². The summed E-state index contributed by atoms with van der Waals surface area (Å²) in [5, 5.41) is 3.54. The van der Waals surface area contributed by atoms with Gasteiger partial charge in [-0.05, 0) is 68.3 Å². The van der Waals surface area contributed by atoms with Crippen molar-refractivity contribution in [2.24, 2.45) is 5.92 Å². The third-order valence-corrected chi connectivity index (χ3v) is 4.70. The largest absolute Gasteiger partial charge is 0.490 e. The highest BCUT2D eigenvalue weighted by atomic mass is 16.5. The Bertz CT molecular complexity index is 410. The summed E-state index contributed by atoms with van der Waals surface area (Å²) in [7, 11) is 0. The fraction of sp³-hybridized carbons (Fsp3) is 0.667. The first kappa shape index (κ1) is 13.9. The molecular weight excluding hydrogens is 246 g/mol. The molecule has 3 rings (SSSR count). The lowest BCUT2D eigenvalue weighted by Crippen LogP contribution is -2.29. The third-order valence-electron chi connectivity index (χ3n) is 4.70. The van der Waals surface area contributed by atoms with Crippen molar-refractivity contribution >= 4 is 0 Å². The van der Waals surface area contributed by atoms with Crippen LogP contribution in [-0.4, -0.2) is 19.2 Å². The summed E-state index contributed by atoms with van der Waals surface area (Å²) >= 11 is 0. The highest BCUT2D eigenvalue weighted by molar-refractivity contribution is 5.30. The molecule has 0 aliphatic heterocycles. The van der Waals surface area contributed by atoms with Crippen LogP contribution >= 0.6 is 0 Å². The minimum absolute atomic E-state index is 0.497. The van der Waals surface area contributed by atoms with Crippen molar-refractivity contribution in [2.45, 2.75) is 57.5 Å². The van der Waals surface area contributed by atoms with E-state index in [0.717, 1.165) is 24.1 Å². The van der Waals surface area contributed by atoms with E-state index in [2.05, 4.69) is 36.5 Å². The summed E-state index contributed by atoms with van der Waals surface area (Å²) in [4.78, 5) is 0. The second-order valence-electron chi connectivity index (χ2n) is 6.34. The Hall–Kier alpha value is -1.02. The molecule has 0 saturated heterocycles. The molecule has 0 spiro atoms. The fourth-order valence-electron chi connectivity index (χ4n) is 3.39. The van der Waals surface area contributed by atoms with Gasteiger partial charge in [0.2, 0.25) is 0 Å². The van der Waals surface area contributed by atoms with Crippen LogP contribution in [0.3, 0.4) is 0 Å². The van der Waals surface area contributed by atoms with E-state index in [1.807, 2.05) is 0 Å². The van der Waals surface area contributed by atoms with Crippen LogP contribution in [0.4, 0.5) is 0 Å². The highest BCUT2D eigenvalue weighted by Crippen LogP contribution is 2.38. The van der Waals surface area contributed by atoms with Crippen molar-refractivity contribution in [1.29, 1.82) is 0 Å². The molecule has 0 heterocycles. The first-order valence-electron chi connectivity index (χ1n) is 8.34. The van der Waals surface area contributed by atoms with Crippen LogP contribution < -0.4 is 10.1 Å². The van der Waals surface area contributed by atoms with Gasteiger partial charge in [0, 0.05) is 0 Å². The van der Waals surface area contributed by atoms with Crippen molar-refractivity contribution in [3.05, 3.63) is 29.8 Å². The van der Waals surface area contributed by atoms with E-state index in [4.69, 9.17) is 4.74 Å². The molecule has 110 valence electrons. The molecule has 2 fully saturated rings. The maximum absolute atomic E-state index is 5.85. The molecule has 2 aliphatic carbocycles. The average Bonchev–Trinajstić information content (AvgIpc) is 3.30. The van der Waals surface area contributed by atoms with E-state index < -0.39 is 0 Å². The van der Waals surface area contributed by atoms with Gasteiger partial charge in [0.25, 0.3) is 0 Å². The number of rotatable bonds is 6. The summed E-state index contributed by atoms with van der Waals surface area (Å²) in [5.74, 6) is 2.59. The number of nitrogens with one attached hydrogen (secondary N) is 1.